The molecule has 0 atom stereocenters. The van der Waals surface area contributed by atoms with Gasteiger partial charge in [-0.25, -0.2) is 0 Å². The summed E-state index contributed by atoms with van der Waals surface area (Å²) in [7, 11) is 6.72. The molecule has 0 radical (unpaired) electrons. The molecule has 2 nitrogen and oxygen atoms in total. The maximum absolute atomic E-state index is 2.33. The van der Waals surface area contributed by atoms with Gasteiger partial charge in [0.25, 0.3) is 0 Å². The zero-order valence-corrected chi connectivity index (χ0v) is 11.2. The van der Waals surface area contributed by atoms with Crippen molar-refractivity contribution in [3.63, 3.8) is 0 Å². The summed E-state index contributed by atoms with van der Waals surface area (Å²) in [5.41, 5.74) is 7.03. The lowest BCUT2D eigenvalue weighted by Gasteiger charge is -2.25. The molecule has 0 saturated carbocycles. The summed E-state index contributed by atoms with van der Waals surface area (Å²) in [6.45, 7) is 4.48. The van der Waals surface area contributed by atoms with E-state index in [0.29, 0.717) is 0 Å². The van der Waals surface area contributed by atoms with Gasteiger partial charge in [-0.2, -0.15) is 0 Å². The predicted molar refractivity (Wildman–Crippen MR) is 74.8 cm³/mol. The molecule has 0 amide bonds. The van der Waals surface area contributed by atoms with Crippen molar-refractivity contribution in [1.82, 2.24) is 9.05 Å². The topological polar surface area (TPSA) is 4.93 Å². The molecule has 1 aliphatic rings. The fraction of sp³-hybridized carbons (Fsp3) is 0.333. The lowest BCUT2D eigenvalue weighted by atomic mass is 10.2. The Morgan fingerprint density at radius 3 is 2.41 bits per heavy atom. The van der Waals surface area contributed by atoms with Crippen molar-refractivity contribution in [2.24, 2.45) is 7.05 Å². The number of aryl methyl sites for hydroxylation is 1. The van der Waals surface area contributed by atoms with Crippen LogP contribution in [0.5, 0.6) is 0 Å². The summed E-state index contributed by atoms with van der Waals surface area (Å²) >= 11 is 0. The van der Waals surface area contributed by atoms with Crippen LogP contribution in [0.4, 0.5) is 5.69 Å². The van der Waals surface area contributed by atoms with E-state index in [1.165, 1.54) is 33.6 Å². The van der Waals surface area contributed by atoms with Crippen LogP contribution in [0.3, 0.4) is 0 Å². The molecule has 1 aromatic heterocycles. The fourth-order valence-electron chi connectivity index (χ4n) is 3.13. The van der Waals surface area contributed by atoms with E-state index in [1.807, 2.05) is 0 Å². The number of benzene rings is 1. The molecule has 2 aromatic rings. The van der Waals surface area contributed by atoms with Gasteiger partial charge < -0.3 is 4.57 Å². The van der Waals surface area contributed by atoms with Crippen molar-refractivity contribution >= 4 is 22.2 Å². The molecule has 88 valence electrons. The van der Waals surface area contributed by atoms with E-state index in [-0.39, 0.29) is 0 Å². The Morgan fingerprint density at radius 2 is 1.71 bits per heavy atom. The standard InChI is InChI=1S/C15H19N2/c1-10-11(2)17(4,5)15-12-8-6-7-9-13(12)16(3)14(10)15/h6-9H,1-5H3/q+1. The van der Waals surface area contributed by atoms with Gasteiger partial charge in [-0.3, -0.25) is 4.48 Å². The van der Waals surface area contributed by atoms with Gasteiger partial charge in [0.15, 0.2) is 5.69 Å². The number of aromatic nitrogens is 1. The molecular formula is C15H19N2+. The molecule has 0 spiro atoms. The number of allylic oxidation sites excluding steroid dienone is 2. The second kappa shape index (κ2) is 3.02. The van der Waals surface area contributed by atoms with Gasteiger partial charge in [0.05, 0.1) is 25.0 Å². The van der Waals surface area contributed by atoms with Crippen LogP contribution in [0, 0.1) is 0 Å². The highest BCUT2D eigenvalue weighted by Gasteiger charge is 2.39. The van der Waals surface area contributed by atoms with Crippen molar-refractivity contribution in [3.05, 3.63) is 35.7 Å². The number of nitrogens with zero attached hydrogens (tertiary/aromatic N) is 2. The minimum absolute atomic E-state index is 0.878. The quantitative estimate of drug-likeness (QED) is 0.607. The average Bonchev–Trinajstić information content (AvgIpc) is 2.70. The lowest BCUT2D eigenvalue weighted by molar-refractivity contribution is 0.510. The Balaban J connectivity index is 2.53. The number of fused-ring (bicyclic) bond motifs is 3. The van der Waals surface area contributed by atoms with E-state index < -0.39 is 0 Å². The molecular weight excluding hydrogens is 208 g/mol. The van der Waals surface area contributed by atoms with Crippen molar-refractivity contribution in [1.29, 1.82) is 0 Å². The van der Waals surface area contributed by atoms with E-state index in [1.54, 1.807) is 0 Å². The summed E-state index contributed by atoms with van der Waals surface area (Å²) < 4.78 is 3.21. The van der Waals surface area contributed by atoms with Gasteiger partial charge >= 0.3 is 0 Å². The van der Waals surface area contributed by atoms with Crippen LogP contribution >= 0.6 is 0 Å². The average molecular weight is 227 g/mol. The van der Waals surface area contributed by atoms with Crippen LogP contribution in [0.15, 0.2) is 30.0 Å². The number of hydrogen-bond donors (Lipinski definition) is 0. The van der Waals surface area contributed by atoms with Gasteiger partial charge in [-0.05, 0) is 19.1 Å². The zero-order valence-electron chi connectivity index (χ0n) is 11.2. The molecule has 3 rings (SSSR count). The first-order valence-electron chi connectivity index (χ1n) is 6.06. The van der Waals surface area contributed by atoms with Crippen LogP contribution in [-0.4, -0.2) is 18.7 Å². The third-order valence-electron chi connectivity index (χ3n) is 4.38. The monoisotopic (exact) mass is 227 g/mol. The molecule has 1 aromatic carbocycles. The van der Waals surface area contributed by atoms with E-state index in [9.17, 15) is 0 Å². The SMILES string of the molecule is CC1=C(C)[N+](C)(C)c2c1n(C)c1ccccc21. The predicted octanol–water partition coefficient (Wildman–Crippen LogP) is 3.51. The molecule has 0 N–H and O–H groups in total. The van der Waals surface area contributed by atoms with E-state index >= 15 is 0 Å². The summed E-state index contributed by atoms with van der Waals surface area (Å²) in [6.07, 6.45) is 0. The minimum Gasteiger partial charge on any atom is -0.339 e. The van der Waals surface area contributed by atoms with Crippen LogP contribution in [0.2, 0.25) is 0 Å². The first-order valence-corrected chi connectivity index (χ1v) is 6.06. The number of para-hydroxylation sites is 1. The Labute approximate surface area is 102 Å². The van der Waals surface area contributed by atoms with E-state index in [2.05, 4.69) is 63.8 Å². The van der Waals surface area contributed by atoms with E-state index in [4.69, 9.17) is 0 Å². The number of hydrogen-bond acceptors (Lipinski definition) is 0. The van der Waals surface area contributed by atoms with Gasteiger partial charge in [0, 0.05) is 19.5 Å². The largest absolute Gasteiger partial charge is 0.339 e. The first-order chi connectivity index (χ1) is 7.96. The molecule has 0 bridgehead atoms. The van der Waals surface area contributed by atoms with Crippen LogP contribution in [0.25, 0.3) is 16.5 Å². The smallest absolute Gasteiger partial charge is 0.171 e. The zero-order chi connectivity index (χ0) is 12.4. The summed E-state index contributed by atoms with van der Waals surface area (Å²) in [6, 6.07) is 8.69. The summed E-state index contributed by atoms with van der Waals surface area (Å²) in [5.74, 6) is 0. The fourth-order valence-corrected chi connectivity index (χ4v) is 3.13. The third-order valence-corrected chi connectivity index (χ3v) is 4.38. The molecule has 0 unspecified atom stereocenters. The van der Waals surface area contributed by atoms with Gasteiger partial charge in [-0.1, -0.05) is 12.1 Å². The lowest BCUT2D eigenvalue weighted by Crippen LogP contribution is -2.35. The minimum atomic E-state index is 0.878. The molecule has 2 heteroatoms. The molecule has 0 fully saturated rings. The van der Waals surface area contributed by atoms with E-state index in [0.717, 1.165) is 4.48 Å². The summed E-state index contributed by atoms with van der Waals surface area (Å²) in [5, 5.41) is 1.38. The van der Waals surface area contributed by atoms with Crippen molar-refractivity contribution in [3.8, 4) is 0 Å². The molecule has 17 heavy (non-hydrogen) atoms. The van der Waals surface area contributed by atoms with Crippen LogP contribution in [0.1, 0.15) is 19.5 Å². The highest BCUT2D eigenvalue weighted by atomic mass is 15.4. The Hall–Kier alpha value is -1.54. The first kappa shape index (κ1) is 10.6. The third kappa shape index (κ3) is 1.09. The van der Waals surface area contributed by atoms with Crippen molar-refractivity contribution in [2.75, 3.05) is 14.1 Å². The summed E-state index contributed by atoms with van der Waals surface area (Å²) in [4.78, 5) is 0. The molecule has 2 heterocycles. The second-order valence-corrected chi connectivity index (χ2v) is 5.44. The Morgan fingerprint density at radius 1 is 1.06 bits per heavy atom. The number of quaternary nitrogens is 1. The molecule has 0 aliphatic carbocycles. The van der Waals surface area contributed by atoms with Gasteiger partial charge in [-0.15, -0.1) is 0 Å². The highest BCUT2D eigenvalue weighted by Crippen LogP contribution is 2.47. The van der Waals surface area contributed by atoms with Crippen molar-refractivity contribution in [2.45, 2.75) is 13.8 Å². The molecule has 0 saturated heterocycles. The maximum atomic E-state index is 2.33. The normalized spacial score (nSPS) is 17.9. The van der Waals surface area contributed by atoms with Crippen LogP contribution < -0.4 is 4.48 Å². The number of rotatable bonds is 0. The maximum Gasteiger partial charge on any atom is 0.171 e. The van der Waals surface area contributed by atoms with Gasteiger partial charge in [0.1, 0.15) is 11.4 Å². The highest BCUT2D eigenvalue weighted by molar-refractivity contribution is 6.02. The van der Waals surface area contributed by atoms with Crippen LogP contribution in [-0.2, 0) is 7.05 Å². The Bertz CT molecular complexity index is 657. The van der Waals surface area contributed by atoms with Gasteiger partial charge in [0.2, 0.25) is 0 Å². The second-order valence-electron chi connectivity index (χ2n) is 5.44. The molecule has 1 aliphatic heterocycles. The van der Waals surface area contributed by atoms with Crippen molar-refractivity contribution < 1.29 is 0 Å². The Kier molecular flexibility index (Phi) is 1.88.